The number of carbonyl (C=O) groups is 1. The molecule has 7 heteroatoms. The molecule has 0 saturated heterocycles. The van der Waals surface area contributed by atoms with E-state index in [9.17, 15) is 9.59 Å². The van der Waals surface area contributed by atoms with E-state index in [1.54, 1.807) is 26.7 Å². The largest absolute Gasteiger partial charge is 0.443 e. The standard InChI is InChI=1S/C10H12N4O3/c1-10(2,3)17-9(16)14-4-7(6-15)8(5-14)12-13-11/h5H,4H2,1-3H3. The third-order valence-corrected chi connectivity index (χ3v) is 1.82. The summed E-state index contributed by atoms with van der Waals surface area (Å²) in [5.74, 6) is 1.63. The number of azide groups is 1. The fraction of sp³-hybridized carbons (Fsp3) is 0.500. The highest BCUT2D eigenvalue weighted by atomic mass is 16.6. The van der Waals surface area contributed by atoms with E-state index in [1.807, 2.05) is 0 Å². The van der Waals surface area contributed by atoms with Crippen LogP contribution in [0.5, 0.6) is 0 Å². The molecule has 7 nitrogen and oxygen atoms in total. The second-order valence-electron chi connectivity index (χ2n) is 4.39. The van der Waals surface area contributed by atoms with Gasteiger partial charge in [-0.1, -0.05) is 5.11 Å². The highest BCUT2D eigenvalue weighted by Crippen LogP contribution is 2.22. The van der Waals surface area contributed by atoms with Crippen LogP contribution >= 0.6 is 0 Å². The lowest BCUT2D eigenvalue weighted by Gasteiger charge is -2.22. The van der Waals surface area contributed by atoms with Gasteiger partial charge in [-0.05, 0) is 26.3 Å². The number of rotatable bonds is 1. The van der Waals surface area contributed by atoms with Gasteiger partial charge < -0.3 is 4.74 Å². The zero-order valence-electron chi connectivity index (χ0n) is 9.80. The van der Waals surface area contributed by atoms with E-state index in [-0.39, 0.29) is 17.8 Å². The zero-order chi connectivity index (χ0) is 13.1. The van der Waals surface area contributed by atoms with Crippen LogP contribution in [0.4, 0.5) is 4.79 Å². The molecule has 0 bridgehead atoms. The Labute approximate surface area is 98.0 Å². The summed E-state index contributed by atoms with van der Waals surface area (Å²) in [7, 11) is 0. The summed E-state index contributed by atoms with van der Waals surface area (Å²) in [6.07, 6.45) is 0.669. The Bertz CT molecular complexity index is 462. The van der Waals surface area contributed by atoms with E-state index < -0.39 is 11.7 Å². The molecule has 0 atom stereocenters. The second-order valence-corrected chi connectivity index (χ2v) is 4.39. The molecule has 0 aromatic carbocycles. The zero-order valence-corrected chi connectivity index (χ0v) is 9.80. The minimum Gasteiger partial charge on any atom is -0.443 e. The molecule has 1 aliphatic heterocycles. The lowest BCUT2D eigenvalue weighted by atomic mass is 10.2. The first-order chi connectivity index (χ1) is 7.87. The Morgan fingerprint density at radius 3 is 2.76 bits per heavy atom. The van der Waals surface area contributed by atoms with Crippen molar-refractivity contribution in [1.29, 1.82) is 0 Å². The highest BCUT2D eigenvalue weighted by Gasteiger charge is 2.27. The van der Waals surface area contributed by atoms with Crippen LogP contribution in [-0.2, 0) is 9.53 Å². The molecule has 0 saturated carbocycles. The smallest absolute Gasteiger partial charge is 0.414 e. The molecule has 1 amide bonds. The maximum atomic E-state index is 11.7. The molecule has 0 fully saturated rings. The van der Waals surface area contributed by atoms with Crippen molar-refractivity contribution in [2.45, 2.75) is 26.4 Å². The first-order valence-corrected chi connectivity index (χ1v) is 4.88. The van der Waals surface area contributed by atoms with Gasteiger partial charge in [0.1, 0.15) is 11.5 Å². The van der Waals surface area contributed by atoms with Crippen molar-refractivity contribution in [3.05, 3.63) is 27.9 Å². The van der Waals surface area contributed by atoms with Crippen LogP contribution in [0.3, 0.4) is 0 Å². The Kier molecular flexibility index (Phi) is 3.58. The summed E-state index contributed by atoms with van der Waals surface area (Å²) in [4.78, 5) is 26.0. The number of nitrogens with zero attached hydrogens (tertiary/aromatic N) is 4. The minimum atomic E-state index is -0.628. The van der Waals surface area contributed by atoms with Crippen molar-refractivity contribution in [2.75, 3.05) is 6.54 Å². The molecule has 1 rings (SSSR count). The van der Waals surface area contributed by atoms with Crippen LogP contribution in [0.2, 0.25) is 0 Å². The lowest BCUT2D eigenvalue weighted by molar-refractivity contribution is 0.0357. The average Bonchev–Trinajstić information content (AvgIpc) is 2.59. The molecule has 90 valence electrons. The first-order valence-electron chi connectivity index (χ1n) is 4.88. The van der Waals surface area contributed by atoms with Crippen LogP contribution in [0.15, 0.2) is 22.6 Å². The predicted molar refractivity (Wildman–Crippen MR) is 59.4 cm³/mol. The molecule has 0 spiro atoms. The van der Waals surface area contributed by atoms with Gasteiger partial charge in [-0.3, -0.25) is 4.90 Å². The summed E-state index contributed by atoms with van der Waals surface area (Å²) in [5.41, 5.74) is 7.89. The average molecular weight is 236 g/mol. The molecule has 0 aromatic heterocycles. The Morgan fingerprint density at radius 2 is 2.29 bits per heavy atom. The van der Waals surface area contributed by atoms with E-state index in [1.165, 1.54) is 6.20 Å². The summed E-state index contributed by atoms with van der Waals surface area (Å²) in [5, 5.41) is 3.30. The van der Waals surface area contributed by atoms with E-state index in [0.29, 0.717) is 0 Å². The Morgan fingerprint density at radius 1 is 1.65 bits per heavy atom. The van der Waals surface area contributed by atoms with Gasteiger partial charge in [-0.2, -0.15) is 0 Å². The van der Waals surface area contributed by atoms with Crippen molar-refractivity contribution < 1.29 is 14.3 Å². The van der Waals surface area contributed by atoms with Gasteiger partial charge in [-0.25, -0.2) is 9.59 Å². The first kappa shape index (κ1) is 12.8. The van der Waals surface area contributed by atoms with Gasteiger partial charge >= 0.3 is 6.09 Å². The maximum Gasteiger partial charge on any atom is 0.414 e. The van der Waals surface area contributed by atoms with Crippen LogP contribution in [0.25, 0.3) is 10.4 Å². The number of hydrogen-bond acceptors (Lipinski definition) is 4. The highest BCUT2D eigenvalue weighted by molar-refractivity contribution is 5.74. The Hall–Kier alpha value is -2.23. The minimum absolute atomic E-state index is 0.00671. The predicted octanol–water partition coefficient (Wildman–Crippen LogP) is 2.15. The monoisotopic (exact) mass is 236 g/mol. The summed E-state index contributed by atoms with van der Waals surface area (Å²) < 4.78 is 5.11. The van der Waals surface area contributed by atoms with Crippen LogP contribution < -0.4 is 0 Å². The molecule has 1 heterocycles. The number of ether oxygens (including phenoxy) is 1. The molecule has 1 aliphatic rings. The van der Waals surface area contributed by atoms with E-state index in [4.69, 9.17) is 10.3 Å². The van der Waals surface area contributed by atoms with Crippen molar-refractivity contribution in [3.63, 3.8) is 0 Å². The summed E-state index contributed by atoms with van der Waals surface area (Å²) in [6.45, 7) is 5.20. The second kappa shape index (κ2) is 4.74. The Balaban J connectivity index is 2.87. The molecule has 0 N–H and O–H groups in total. The molecule has 0 aliphatic carbocycles. The van der Waals surface area contributed by atoms with Crippen molar-refractivity contribution in [3.8, 4) is 0 Å². The van der Waals surface area contributed by atoms with Crippen LogP contribution in [-0.4, -0.2) is 29.1 Å². The maximum absolute atomic E-state index is 11.7. The molecule has 0 aromatic rings. The lowest BCUT2D eigenvalue weighted by Crippen LogP contribution is -2.32. The van der Waals surface area contributed by atoms with E-state index in [2.05, 4.69) is 10.0 Å². The van der Waals surface area contributed by atoms with Crippen molar-refractivity contribution in [2.24, 2.45) is 5.11 Å². The molecular weight excluding hydrogens is 224 g/mol. The summed E-state index contributed by atoms with van der Waals surface area (Å²) >= 11 is 0. The third-order valence-electron chi connectivity index (χ3n) is 1.82. The fourth-order valence-electron chi connectivity index (χ4n) is 1.18. The molecule has 17 heavy (non-hydrogen) atoms. The molecule has 0 unspecified atom stereocenters. The van der Waals surface area contributed by atoms with Crippen molar-refractivity contribution in [1.82, 2.24) is 4.90 Å². The van der Waals surface area contributed by atoms with E-state index in [0.717, 1.165) is 4.90 Å². The summed E-state index contributed by atoms with van der Waals surface area (Å²) in [6, 6.07) is 0. The quantitative estimate of drug-likeness (QED) is 0.302. The number of hydrogen-bond donors (Lipinski definition) is 0. The van der Waals surface area contributed by atoms with Gasteiger partial charge in [0.2, 0.25) is 0 Å². The fourth-order valence-corrected chi connectivity index (χ4v) is 1.18. The molecule has 0 radical (unpaired) electrons. The normalized spacial score (nSPS) is 14.9. The molecular formula is C10H12N4O3. The van der Waals surface area contributed by atoms with Gasteiger partial charge in [0.25, 0.3) is 0 Å². The number of amides is 1. The van der Waals surface area contributed by atoms with Gasteiger partial charge in [0.05, 0.1) is 17.8 Å². The van der Waals surface area contributed by atoms with Gasteiger partial charge in [0.15, 0.2) is 0 Å². The number of carbonyl (C=O) groups excluding carboxylic acids is 2. The van der Waals surface area contributed by atoms with Crippen LogP contribution in [0, 0.1) is 0 Å². The SMILES string of the molecule is CC(C)(C)OC(=O)N1C=C(N=[N+]=[N-])C(=C=O)C1. The van der Waals surface area contributed by atoms with E-state index >= 15 is 0 Å². The van der Waals surface area contributed by atoms with Gasteiger partial charge in [-0.15, -0.1) is 0 Å². The third kappa shape index (κ3) is 3.38. The van der Waals surface area contributed by atoms with Gasteiger partial charge in [0, 0.05) is 11.1 Å². The topological polar surface area (TPSA) is 95.4 Å². The van der Waals surface area contributed by atoms with Crippen molar-refractivity contribution >= 4 is 12.0 Å². The van der Waals surface area contributed by atoms with Crippen LogP contribution in [0.1, 0.15) is 20.8 Å².